The Hall–Kier alpha value is -2.51. The van der Waals surface area contributed by atoms with E-state index in [1.54, 1.807) is 6.20 Å². The zero-order chi connectivity index (χ0) is 21.7. The van der Waals surface area contributed by atoms with Crippen molar-refractivity contribution in [1.82, 2.24) is 24.5 Å². The van der Waals surface area contributed by atoms with E-state index in [1.165, 1.54) is 32.4 Å². The summed E-state index contributed by atoms with van der Waals surface area (Å²) < 4.78 is 7.94. The molecule has 2 saturated heterocycles. The first-order valence-electron chi connectivity index (χ1n) is 11.9. The standard InChI is InChI=1S/C25H32N6O/c1-25(2)13-21(7-10-32-25)31-15-18-11-20(12-19(18)16-31)27-23-5-4-22(28-29-23)17-3-6-24-26-8-9-30(24)14-17/h3-6,8-9,14,18-21H,7,10-13,15-16H2,1-2H3,(H,27,29)/t18-,19+,20+,21?. The zero-order valence-corrected chi connectivity index (χ0v) is 18.9. The second-order valence-corrected chi connectivity index (χ2v) is 10.5. The molecule has 5 heterocycles. The number of imidazole rings is 1. The molecule has 3 aromatic rings. The van der Waals surface area contributed by atoms with Gasteiger partial charge in [0.15, 0.2) is 0 Å². The molecule has 0 aromatic carbocycles. The van der Waals surface area contributed by atoms with E-state index in [2.05, 4.69) is 51.4 Å². The van der Waals surface area contributed by atoms with E-state index < -0.39 is 0 Å². The average molecular weight is 433 g/mol. The number of rotatable bonds is 4. The van der Waals surface area contributed by atoms with Crippen LogP contribution in [0, 0.1) is 11.8 Å². The van der Waals surface area contributed by atoms with E-state index in [4.69, 9.17) is 4.74 Å². The van der Waals surface area contributed by atoms with Crippen LogP contribution in [0.3, 0.4) is 0 Å². The fourth-order valence-electron chi connectivity index (χ4n) is 6.11. The summed E-state index contributed by atoms with van der Waals surface area (Å²) in [6.45, 7) is 7.85. The van der Waals surface area contributed by atoms with Crippen LogP contribution in [0.4, 0.5) is 5.82 Å². The first kappa shape index (κ1) is 20.1. The van der Waals surface area contributed by atoms with Gasteiger partial charge in [-0.15, -0.1) is 10.2 Å². The van der Waals surface area contributed by atoms with Crippen LogP contribution in [-0.2, 0) is 4.74 Å². The summed E-state index contributed by atoms with van der Waals surface area (Å²) in [5, 5.41) is 12.6. The molecule has 0 radical (unpaired) electrons. The Bertz CT molecular complexity index is 1080. The van der Waals surface area contributed by atoms with Gasteiger partial charge in [-0.25, -0.2) is 4.98 Å². The number of fused-ring (bicyclic) bond motifs is 2. The summed E-state index contributed by atoms with van der Waals surface area (Å²) in [6.07, 6.45) is 10.6. The molecule has 4 atom stereocenters. The van der Waals surface area contributed by atoms with Crippen molar-refractivity contribution in [1.29, 1.82) is 0 Å². The van der Waals surface area contributed by atoms with Gasteiger partial charge in [0.05, 0.1) is 11.3 Å². The maximum absolute atomic E-state index is 5.93. The molecule has 168 valence electrons. The number of hydrogen-bond donors (Lipinski definition) is 1. The molecule has 0 spiro atoms. The van der Waals surface area contributed by atoms with Crippen LogP contribution in [0.5, 0.6) is 0 Å². The van der Waals surface area contributed by atoms with Crippen LogP contribution in [0.15, 0.2) is 42.9 Å². The van der Waals surface area contributed by atoms with Crippen molar-refractivity contribution in [2.24, 2.45) is 11.8 Å². The highest BCUT2D eigenvalue weighted by Gasteiger charge is 2.44. The molecule has 3 aromatic heterocycles. The molecule has 2 aliphatic heterocycles. The molecule has 7 nitrogen and oxygen atoms in total. The van der Waals surface area contributed by atoms with Crippen LogP contribution >= 0.6 is 0 Å². The summed E-state index contributed by atoms with van der Waals surface area (Å²) in [4.78, 5) is 7.05. The van der Waals surface area contributed by atoms with Crippen LogP contribution < -0.4 is 5.32 Å². The summed E-state index contributed by atoms with van der Waals surface area (Å²) in [5.41, 5.74) is 2.89. The van der Waals surface area contributed by atoms with Crippen molar-refractivity contribution in [3.05, 3.63) is 42.9 Å². The Morgan fingerprint density at radius 3 is 2.66 bits per heavy atom. The van der Waals surface area contributed by atoms with Gasteiger partial charge in [-0.1, -0.05) is 0 Å². The van der Waals surface area contributed by atoms with Gasteiger partial charge in [-0.2, -0.15) is 0 Å². The predicted octanol–water partition coefficient (Wildman–Crippen LogP) is 3.87. The van der Waals surface area contributed by atoms with E-state index in [0.717, 1.165) is 47.6 Å². The maximum atomic E-state index is 5.93. The summed E-state index contributed by atoms with van der Waals surface area (Å²) in [5.74, 6) is 2.48. The lowest BCUT2D eigenvalue weighted by molar-refractivity contribution is -0.0811. The number of pyridine rings is 1. The monoisotopic (exact) mass is 432 g/mol. The van der Waals surface area contributed by atoms with E-state index in [0.29, 0.717) is 12.1 Å². The number of aromatic nitrogens is 4. The highest BCUT2D eigenvalue weighted by Crippen LogP contribution is 2.41. The first-order chi connectivity index (χ1) is 15.5. The van der Waals surface area contributed by atoms with E-state index in [-0.39, 0.29) is 5.60 Å². The van der Waals surface area contributed by atoms with Gasteiger partial charge in [0.1, 0.15) is 11.5 Å². The minimum atomic E-state index is 0.0278. The van der Waals surface area contributed by atoms with Gasteiger partial charge in [0.2, 0.25) is 0 Å². The van der Waals surface area contributed by atoms with E-state index in [1.807, 2.05) is 28.9 Å². The number of nitrogens with one attached hydrogen (secondary N) is 1. The van der Waals surface area contributed by atoms with E-state index >= 15 is 0 Å². The Morgan fingerprint density at radius 1 is 1.06 bits per heavy atom. The van der Waals surface area contributed by atoms with Crippen LogP contribution in [0.2, 0.25) is 0 Å². The number of nitrogens with zero attached hydrogens (tertiary/aromatic N) is 5. The average Bonchev–Trinajstić information content (AvgIpc) is 3.48. The summed E-state index contributed by atoms with van der Waals surface area (Å²) >= 11 is 0. The minimum absolute atomic E-state index is 0.0278. The van der Waals surface area contributed by atoms with Gasteiger partial charge in [0, 0.05) is 55.9 Å². The zero-order valence-electron chi connectivity index (χ0n) is 18.9. The normalized spacial score (nSPS) is 29.9. The molecule has 3 fully saturated rings. The predicted molar refractivity (Wildman–Crippen MR) is 124 cm³/mol. The molecule has 1 aliphatic carbocycles. The van der Waals surface area contributed by atoms with Crippen molar-refractivity contribution in [3.63, 3.8) is 0 Å². The third kappa shape index (κ3) is 3.88. The van der Waals surface area contributed by atoms with Crippen molar-refractivity contribution >= 4 is 11.5 Å². The van der Waals surface area contributed by atoms with Crippen LogP contribution in [0.25, 0.3) is 16.9 Å². The summed E-state index contributed by atoms with van der Waals surface area (Å²) in [6, 6.07) is 9.35. The Morgan fingerprint density at radius 2 is 1.91 bits per heavy atom. The summed E-state index contributed by atoms with van der Waals surface area (Å²) in [7, 11) is 0. The highest BCUT2D eigenvalue weighted by molar-refractivity contribution is 5.61. The highest BCUT2D eigenvalue weighted by atomic mass is 16.5. The molecule has 0 bridgehead atoms. The molecule has 1 saturated carbocycles. The third-order valence-electron chi connectivity index (χ3n) is 7.67. The molecule has 6 rings (SSSR count). The Balaban J connectivity index is 1.05. The van der Waals surface area contributed by atoms with Gasteiger partial charge in [-0.3, -0.25) is 4.90 Å². The number of ether oxygens (including phenoxy) is 1. The molecular weight excluding hydrogens is 400 g/mol. The minimum Gasteiger partial charge on any atom is -0.375 e. The lowest BCUT2D eigenvalue weighted by Gasteiger charge is -2.40. The van der Waals surface area contributed by atoms with Gasteiger partial charge >= 0.3 is 0 Å². The molecule has 1 unspecified atom stereocenters. The van der Waals surface area contributed by atoms with Crippen molar-refractivity contribution in [2.75, 3.05) is 25.0 Å². The SMILES string of the molecule is CC1(C)CC(N2C[C@H]3C[C@H](Nc4ccc(-c5ccc6nccn6c5)nn4)C[C@H]3C2)CCO1. The molecule has 0 amide bonds. The molecule has 32 heavy (non-hydrogen) atoms. The number of anilines is 1. The molecule has 7 heteroatoms. The lowest BCUT2D eigenvalue weighted by atomic mass is 9.93. The van der Waals surface area contributed by atoms with Crippen LogP contribution in [0.1, 0.15) is 39.5 Å². The quantitative estimate of drug-likeness (QED) is 0.675. The maximum Gasteiger partial charge on any atom is 0.148 e. The largest absolute Gasteiger partial charge is 0.375 e. The van der Waals surface area contributed by atoms with Gasteiger partial charge < -0.3 is 14.5 Å². The fourth-order valence-corrected chi connectivity index (χ4v) is 6.11. The van der Waals surface area contributed by atoms with Crippen molar-refractivity contribution < 1.29 is 4.74 Å². The van der Waals surface area contributed by atoms with Gasteiger partial charge in [0.25, 0.3) is 0 Å². The van der Waals surface area contributed by atoms with Crippen molar-refractivity contribution in [3.8, 4) is 11.3 Å². The number of hydrogen-bond acceptors (Lipinski definition) is 6. The first-order valence-corrected chi connectivity index (χ1v) is 11.9. The van der Waals surface area contributed by atoms with E-state index in [9.17, 15) is 0 Å². The Labute approximate surface area is 189 Å². The Kier molecular flexibility index (Phi) is 4.91. The van der Waals surface area contributed by atoms with Crippen molar-refractivity contribution in [2.45, 2.75) is 57.2 Å². The van der Waals surface area contributed by atoms with Gasteiger partial charge in [-0.05, 0) is 75.6 Å². The molecule has 3 aliphatic rings. The lowest BCUT2D eigenvalue weighted by Crippen LogP contribution is -2.45. The topological polar surface area (TPSA) is 67.6 Å². The number of likely N-dealkylation sites (tertiary alicyclic amines) is 1. The second kappa shape index (κ2) is 7.81. The second-order valence-electron chi connectivity index (χ2n) is 10.5. The smallest absolute Gasteiger partial charge is 0.148 e. The fraction of sp³-hybridized carbons (Fsp3) is 0.560. The molecular formula is C25H32N6O. The third-order valence-corrected chi connectivity index (χ3v) is 7.67. The molecule has 1 N–H and O–H groups in total. The van der Waals surface area contributed by atoms with Crippen LogP contribution in [-0.4, -0.2) is 61.9 Å².